The lowest BCUT2D eigenvalue weighted by Crippen LogP contribution is -2.00. The second kappa shape index (κ2) is 13.6. The van der Waals surface area contributed by atoms with Gasteiger partial charge in [-0.2, -0.15) is 4.39 Å². The number of unbranched alkanes of at least 4 members (excludes halogenated alkanes) is 1. The topological polar surface area (TPSA) is 27.7 Å². The highest BCUT2D eigenvalue weighted by molar-refractivity contribution is 5.66. The number of rotatable bonds is 13. The van der Waals surface area contributed by atoms with Crippen molar-refractivity contribution in [1.82, 2.24) is 0 Å². The molecule has 0 heterocycles. The molecular formula is C33H31F3O3. The summed E-state index contributed by atoms with van der Waals surface area (Å²) in [6, 6.07) is 21.9. The van der Waals surface area contributed by atoms with Gasteiger partial charge >= 0.3 is 0 Å². The Morgan fingerprint density at radius 2 is 1.38 bits per heavy atom. The van der Waals surface area contributed by atoms with Gasteiger partial charge in [0.1, 0.15) is 12.4 Å². The van der Waals surface area contributed by atoms with Gasteiger partial charge in [-0.05, 0) is 71.5 Å². The van der Waals surface area contributed by atoms with Crippen LogP contribution in [0.2, 0.25) is 0 Å². The summed E-state index contributed by atoms with van der Waals surface area (Å²) in [5.41, 5.74) is 2.95. The van der Waals surface area contributed by atoms with E-state index in [1.807, 2.05) is 12.1 Å². The molecule has 0 atom stereocenters. The summed E-state index contributed by atoms with van der Waals surface area (Å²) in [6.45, 7) is 6.73. The Labute approximate surface area is 227 Å². The maximum absolute atomic E-state index is 14.9. The standard InChI is InChI=1S/C33H31F3O3/c1-3-5-19-37-27-14-11-25(12-15-27)28-16-18-31(33(36)32(28)35)39-22-23-7-9-24(10-8-23)26-13-17-30(29(34)21-26)38-20-6-4-2/h4,7-18,21H,2-3,5-6,19-20,22H2,1H3. The average Bonchev–Trinajstić information content (AvgIpc) is 2.96. The summed E-state index contributed by atoms with van der Waals surface area (Å²) in [5.74, 6) is -1.75. The van der Waals surface area contributed by atoms with Crippen molar-refractivity contribution in [3.05, 3.63) is 115 Å². The molecule has 0 amide bonds. The Kier molecular flexibility index (Phi) is 9.68. The van der Waals surface area contributed by atoms with Crippen molar-refractivity contribution in [1.29, 1.82) is 0 Å². The van der Waals surface area contributed by atoms with E-state index in [4.69, 9.17) is 14.2 Å². The fourth-order valence-corrected chi connectivity index (χ4v) is 3.94. The molecule has 202 valence electrons. The van der Waals surface area contributed by atoms with Gasteiger partial charge in [-0.1, -0.05) is 61.9 Å². The van der Waals surface area contributed by atoms with Crippen molar-refractivity contribution >= 4 is 0 Å². The van der Waals surface area contributed by atoms with Gasteiger partial charge in [-0.25, -0.2) is 8.78 Å². The number of benzene rings is 4. The lowest BCUT2D eigenvalue weighted by molar-refractivity contribution is 0.285. The fourth-order valence-electron chi connectivity index (χ4n) is 3.94. The summed E-state index contributed by atoms with van der Waals surface area (Å²) in [7, 11) is 0. The molecule has 0 aliphatic heterocycles. The van der Waals surface area contributed by atoms with Crippen LogP contribution >= 0.6 is 0 Å². The second-order valence-corrected chi connectivity index (χ2v) is 9.02. The first kappa shape index (κ1) is 27.8. The summed E-state index contributed by atoms with van der Waals surface area (Å²) >= 11 is 0. The third kappa shape index (κ3) is 7.23. The largest absolute Gasteiger partial charge is 0.494 e. The van der Waals surface area contributed by atoms with Crippen molar-refractivity contribution in [2.75, 3.05) is 13.2 Å². The molecule has 0 N–H and O–H groups in total. The highest BCUT2D eigenvalue weighted by atomic mass is 19.2. The molecule has 0 radical (unpaired) electrons. The van der Waals surface area contributed by atoms with E-state index >= 15 is 0 Å². The van der Waals surface area contributed by atoms with Crippen LogP contribution in [0.15, 0.2) is 91.5 Å². The lowest BCUT2D eigenvalue weighted by atomic mass is 10.0. The molecule has 0 saturated heterocycles. The van der Waals surface area contributed by atoms with Gasteiger partial charge in [0, 0.05) is 5.56 Å². The molecular weight excluding hydrogens is 501 g/mol. The van der Waals surface area contributed by atoms with Gasteiger partial charge in [0.15, 0.2) is 23.1 Å². The highest BCUT2D eigenvalue weighted by Crippen LogP contribution is 2.32. The van der Waals surface area contributed by atoms with E-state index in [0.717, 1.165) is 24.0 Å². The van der Waals surface area contributed by atoms with E-state index in [1.165, 1.54) is 18.2 Å². The van der Waals surface area contributed by atoms with Crippen molar-refractivity contribution in [3.63, 3.8) is 0 Å². The Morgan fingerprint density at radius 3 is 2.08 bits per heavy atom. The van der Waals surface area contributed by atoms with Crippen LogP contribution in [0.5, 0.6) is 17.2 Å². The van der Waals surface area contributed by atoms with Gasteiger partial charge in [-0.15, -0.1) is 6.58 Å². The first-order chi connectivity index (χ1) is 19.0. The second-order valence-electron chi connectivity index (χ2n) is 9.02. The molecule has 39 heavy (non-hydrogen) atoms. The van der Waals surface area contributed by atoms with E-state index in [2.05, 4.69) is 13.5 Å². The molecule has 0 spiro atoms. The molecule has 4 aromatic rings. The minimum atomic E-state index is -1.04. The quantitative estimate of drug-likeness (QED) is 0.127. The number of ether oxygens (including phenoxy) is 3. The molecule has 6 heteroatoms. The van der Waals surface area contributed by atoms with E-state index in [1.54, 1.807) is 54.6 Å². The number of hydrogen-bond donors (Lipinski definition) is 0. The summed E-state index contributed by atoms with van der Waals surface area (Å²) in [6.07, 6.45) is 4.33. The number of hydrogen-bond acceptors (Lipinski definition) is 3. The molecule has 0 unspecified atom stereocenters. The van der Waals surface area contributed by atoms with Gasteiger partial charge in [0.2, 0.25) is 5.82 Å². The van der Waals surface area contributed by atoms with Crippen molar-refractivity contribution in [2.24, 2.45) is 0 Å². The van der Waals surface area contributed by atoms with Crippen LogP contribution < -0.4 is 14.2 Å². The third-order valence-electron chi connectivity index (χ3n) is 6.17. The highest BCUT2D eigenvalue weighted by Gasteiger charge is 2.16. The van der Waals surface area contributed by atoms with Crippen molar-refractivity contribution in [3.8, 4) is 39.5 Å². The molecule has 0 aromatic heterocycles. The van der Waals surface area contributed by atoms with Crippen LogP contribution in [0.1, 0.15) is 31.7 Å². The third-order valence-corrected chi connectivity index (χ3v) is 6.17. The molecule has 3 nitrogen and oxygen atoms in total. The Morgan fingerprint density at radius 1 is 0.692 bits per heavy atom. The van der Waals surface area contributed by atoms with Gasteiger partial charge < -0.3 is 14.2 Å². The van der Waals surface area contributed by atoms with Crippen LogP contribution in [0, 0.1) is 17.5 Å². The van der Waals surface area contributed by atoms with Crippen molar-refractivity contribution < 1.29 is 27.4 Å². The van der Waals surface area contributed by atoms with Crippen LogP contribution in [-0.2, 0) is 6.61 Å². The maximum atomic E-state index is 14.9. The zero-order chi connectivity index (χ0) is 27.6. The van der Waals surface area contributed by atoms with Crippen LogP contribution in [0.4, 0.5) is 13.2 Å². The predicted octanol–water partition coefficient (Wildman–Crippen LogP) is 9.15. The molecule has 0 aliphatic rings. The number of halogens is 3. The molecule has 0 aliphatic carbocycles. The summed E-state index contributed by atoms with van der Waals surface area (Å²) in [4.78, 5) is 0. The molecule has 4 aromatic carbocycles. The van der Waals surface area contributed by atoms with Gasteiger partial charge in [-0.3, -0.25) is 0 Å². The smallest absolute Gasteiger partial charge is 0.201 e. The zero-order valence-electron chi connectivity index (χ0n) is 21.9. The van der Waals surface area contributed by atoms with E-state index in [-0.39, 0.29) is 23.7 Å². The maximum Gasteiger partial charge on any atom is 0.201 e. The van der Waals surface area contributed by atoms with Gasteiger partial charge in [0.25, 0.3) is 0 Å². The van der Waals surface area contributed by atoms with Crippen LogP contribution in [-0.4, -0.2) is 13.2 Å². The normalized spacial score (nSPS) is 10.8. The van der Waals surface area contributed by atoms with Gasteiger partial charge in [0.05, 0.1) is 13.2 Å². The summed E-state index contributed by atoms with van der Waals surface area (Å²) < 4.78 is 60.7. The molecule has 0 fully saturated rings. The summed E-state index contributed by atoms with van der Waals surface area (Å²) in [5, 5.41) is 0. The van der Waals surface area contributed by atoms with Crippen molar-refractivity contribution in [2.45, 2.75) is 32.8 Å². The molecule has 0 saturated carbocycles. The minimum absolute atomic E-state index is 0.0459. The first-order valence-corrected chi connectivity index (χ1v) is 13.0. The fraction of sp³-hybridized carbons (Fsp3) is 0.212. The first-order valence-electron chi connectivity index (χ1n) is 13.0. The monoisotopic (exact) mass is 532 g/mol. The van der Waals surface area contributed by atoms with Crippen LogP contribution in [0.25, 0.3) is 22.3 Å². The Hall–Kier alpha value is -4.19. The van der Waals surface area contributed by atoms with E-state index in [9.17, 15) is 13.2 Å². The molecule has 0 bridgehead atoms. The Balaban J connectivity index is 1.38. The lowest BCUT2D eigenvalue weighted by Gasteiger charge is -2.12. The predicted molar refractivity (Wildman–Crippen MR) is 149 cm³/mol. The van der Waals surface area contributed by atoms with E-state index in [0.29, 0.717) is 36.5 Å². The van der Waals surface area contributed by atoms with E-state index < -0.39 is 17.5 Å². The Bertz CT molecular complexity index is 1380. The SMILES string of the molecule is C=CCCOc1ccc(-c2ccc(COc3ccc(-c4ccc(OCCCC)cc4)c(F)c3F)cc2)cc1F. The minimum Gasteiger partial charge on any atom is -0.494 e. The van der Waals surface area contributed by atoms with Crippen LogP contribution in [0.3, 0.4) is 0 Å². The zero-order valence-corrected chi connectivity index (χ0v) is 21.9. The molecule has 4 rings (SSSR count). The average molecular weight is 533 g/mol.